The largest absolute Gasteiger partial charge is 0.375 e. The third kappa shape index (κ3) is 4.30. The van der Waals surface area contributed by atoms with Crippen LogP contribution < -0.4 is 5.73 Å². The second-order valence-corrected chi connectivity index (χ2v) is 8.57. The van der Waals surface area contributed by atoms with Crippen LogP contribution in [0.15, 0.2) is 47.6 Å². The van der Waals surface area contributed by atoms with Gasteiger partial charge in [0.25, 0.3) is 5.91 Å². The van der Waals surface area contributed by atoms with Gasteiger partial charge in [0.15, 0.2) is 11.6 Å². The van der Waals surface area contributed by atoms with E-state index in [4.69, 9.17) is 5.73 Å². The number of aliphatic imine (C=N–C) groups is 1. The number of rotatable bonds is 5. The lowest BCUT2D eigenvalue weighted by atomic mass is 9.79. The first kappa shape index (κ1) is 21.4. The fraction of sp³-hybridized carbons (Fsp3) is 0.522. The molecule has 4 N–H and O–H groups in total. The Kier molecular flexibility index (Phi) is 6.27. The second kappa shape index (κ2) is 9.09. The summed E-state index contributed by atoms with van der Waals surface area (Å²) >= 11 is 0. The standard InChI is InChI=1S/C23H32N6O2/c1-17(20-11-12-25-27-20)26-22(24)29-15-13-28(14-16-29)21(30)23(31,19-9-5-6-10-19)18-7-3-2-4-8-18/h2-4,7-8,11-12,17,19,31H,5-6,9-10,13-16H2,1H3,(H2,24,26)(H,25,27)/t17?,23-/m0/s1. The van der Waals surface area contributed by atoms with E-state index in [0.29, 0.717) is 37.7 Å². The van der Waals surface area contributed by atoms with Crippen LogP contribution in [0.25, 0.3) is 0 Å². The minimum atomic E-state index is -1.46. The molecule has 1 saturated heterocycles. The number of amides is 1. The summed E-state index contributed by atoms with van der Waals surface area (Å²) in [5, 5.41) is 18.6. The summed E-state index contributed by atoms with van der Waals surface area (Å²) in [5.41, 5.74) is 6.38. The maximum Gasteiger partial charge on any atom is 0.259 e. The van der Waals surface area contributed by atoms with E-state index in [-0.39, 0.29) is 17.9 Å². The lowest BCUT2D eigenvalue weighted by molar-refractivity contribution is -0.160. The third-order valence-electron chi connectivity index (χ3n) is 6.68. The quantitative estimate of drug-likeness (QED) is 0.502. The molecule has 1 amide bonds. The van der Waals surface area contributed by atoms with Crippen LogP contribution in [-0.2, 0) is 10.4 Å². The van der Waals surface area contributed by atoms with Crippen LogP contribution in [0.1, 0.15) is 49.9 Å². The van der Waals surface area contributed by atoms with E-state index in [2.05, 4.69) is 15.2 Å². The highest BCUT2D eigenvalue weighted by molar-refractivity contribution is 5.87. The summed E-state index contributed by atoms with van der Waals surface area (Å²) in [4.78, 5) is 21.9. The Morgan fingerprint density at radius 3 is 2.42 bits per heavy atom. The van der Waals surface area contributed by atoms with Crippen molar-refractivity contribution in [3.63, 3.8) is 0 Å². The molecular formula is C23H32N6O2. The Morgan fingerprint density at radius 2 is 1.81 bits per heavy atom. The first-order chi connectivity index (χ1) is 15.0. The van der Waals surface area contributed by atoms with Crippen molar-refractivity contribution in [2.45, 2.75) is 44.2 Å². The summed E-state index contributed by atoms with van der Waals surface area (Å²) in [7, 11) is 0. The van der Waals surface area contributed by atoms with Crippen molar-refractivity contribution in [2.75, 3.05) is 26.2 Å². The molecule has 1 aromatic carbocycles. The number of benzene rings is 1. The van der Waals surface area contributed by atoms with E-state index in [1.807, 2.05) is 48.2 Å². The van der Waals surface area contributed by atoms with Crippen LogP contribution in [0.5, 0.6) is 0 Å². The predicted octanol–water partition coefficient (Wildman–Crippen LogP) is 2.01. The Hall–Kier alpha value is -2.87. The highest BCUT2D eigenvalue weighted by atomic mass is 16.3. The molecule has 0 spiro atoms. The number of carbonyl (C=O) groups excluding carboxylic acids is 1. The van der Waals surface area contributed by atoms with Crippen LogP contribution in [-0.4, -0.2) is 63.1 Å². The molecule has 0 bridgehead atoms. The van der Waals surface area contributed by atoms with Gasteiger partial charge >= 0.3 is 0 Å². The Labute approximate surface area is 183 Å². The van der Waals surface area contributed by atoms with Crippen molar-refractivity contribution in [3.05, 3.63) is 53.9 Å². The van der Waals surface area contributed by atoms with Crippen LogP contribution in [0.4, 0.5) is 0 Å². The number of aliphatic hydroxyl groups is 1. The summed E-state index contributed by atoms with van der Waals surface area (Å²) in [6, 6.07) is 11.2. The number of carbonyl (C=O) groups is 1. The molecule has 2 aromatic rings. The number of nitrogens with zero attached hydrogens (tertiary/aromatic N) is 4. The predicted molar refractivity (Wildman–Crippen MR) is 119 cm³/mol. The minimum Gasteiger partial charge on any atom is -0.375 e. The average molecular weight is 425 g/mol. The van der Waals surface area contributed by atoms with E-state index in [1.165, 1.54) is 0 Å². The number of nitrogens with two attached hydrogens (primary N) is 1. The zero-order valence-corrected chi connectivity index (χ0v) is 18.1. The topological polar surface area (TPSA) is 111 Å². The summed E-state index contributed by atoms with van der Waals surface area (Å²) in [6.45, 7) is 4.16. The van der Waals surface area contributed by atoms with E-state index < -0.39 is 5.60 Å². The molecule has 1 aliphatic carbocycles. The number of guanidine groups is 1. The summed E-state index contributed by atoms with van der Waals surface area (Å²) < 4.78 is 0. The average Bonchev–Trinajstić information content (AvgIpc) is 3.53. The molecule has 1 aliphatic heterocycles. The Bertz CT molecular complexity index is 886. The molecule has 1 saturated carbocycles. The van der Waals surface area contributed by atoms with Crippen LogP contribution in [0.3, 0.4) is 0 Å². The number of nitrogens with one attached hydrogen (secondary N) is 1. The van der Waals surface area contributed by atoms with Crippen molar-refractivity contribution in [1.29, 1.82) is 0 Å². The van der Waals surface area contributed by atoms with Gasteiger partial charge in [-0.3, -0.25) is 9.89 Å². The normalized spacial score (nSPS) is 21.2. The van der Waals surface area contributed by atoms with E-state index in [0.717, 1.165) is 31.4 Å². The first-order valence-corrected chi connectivity index (χ1v) is 11.1. The molecule has 2 fully saturated rings. The molecule has 2 atom stereocenters. The van der Waals surface area contributed by atoms with E-state index >= 15 is 0 Å². The molecule has 4 rings (SSSR count). The van der Waals surface area contributed by atoms with Gasteiger partial charge in [0.05, 0.1) is 11.7 Å². The molecule has 1 unspecified atom stereocenters. The number of H-pyrrole nitrogens is 1. The van der Waals surface area contributed by atoms with Gasteiger partial charge in [-0.1, -0.05) is 43.2 Å². The van der Waals surface area contributed by atoms with Crippen molar-refractivity contribution in [3.8, 4) is 0 Å². The minimum absolute atomic E-state index is 0.0395. The lowest BCUT2D eigenvalue weighted by Crippen LogP contribution is -2.58. The molecule has 2 aliphatic rings. The molecule has 2 heterocycles. The van der Waals surface area contributed by atoms with Gasteiger partial charge in [0, 0.05) is 38.3 Å². The number of aromatic amines is 1. The maximum absolute atomic E-state index is 13.6. The monoisotopic (exact) mass is 424 g/mol. The fourth-order valence-electron chi connectivity index (χ4n) is 4.80. The summed E-state index contributed by atoms with van der Waals surface area (Å²) in [5.74, 6) is 0.234. The summed E-state index contributed by atoms with van der Waals surface area (Å²) in [6.07, 6.45) is 5.56. The molecule has 8 heteroatoms. The molecule has 8 nitrogen and oxygen atoms in total. The molecule has 166 valence electrons. The van der Waals surface area contributed by atoms with Gasteiger partial charge in [0.2, 0.25) is 0 Å². The van der Waals surface area contributed by atoms with Crippen molar-refractivity contribution in [1.82, 2.24) is 20.0 Å². The van der Waals surface area contributed by atoms with Crippen molar-refractivity contribution >= 4 is 11.9 Å². The van der Waals surface area contributed by atoms with Gasteiger partial charge in [-0.05, 0) is 31.4 Å². The molecule has 31 heavy (non-hydrogen) atoms. The highest BCUT2D eigenvalue weighted by Crippen LogP contribution is 2.42. The first-order valence-electron chi connectivity index (χ1n) is 11.1. The van der Waals surface area contributed by atoms with Gasteiger partial charge in [-0.15, -0.1) is 0 Å². The van der Waals surface area contributed by atoms with E-state index in [1.54, 1.807) is 11.1 Å². The fourth-order valence-corrected chi connectivity index (χ4v) is 4.80. The maximum atomic E-state index is 13.6. The Morgan fingerprint density at radius 1 is 1.16 bits per heavy atom. The zero-order chi connectivity index (χ0) is 21.8. The van der Waals surface area contributed by atoms with Crippen LogP contribution in [0, 0.1) is 5.92 Å². The molecule has 1 aromatic heterocycles. The molecule has 0 radical (unpaired) electrons. The number of aromatic nitrogens is 2. The lowest BCUT2D eigenvalue weighted by Gasteiger charge is -2.41. The zero-order valence-electron chi connectivity index (χ0n) is 18.1. The van der Waals surface area contributed by atoms with Crippen LogP contribution >= 0.6 is 0 Å². The number of hydrogen-bond acceptors (Lipinski definition) is 4. The SMILES string of the molecule is CC(N=C(N)N1CCN(C(=O)[C@](O)(c2ccccc2)C2CCCC2)CC1)c1ccn[nH]1. The highest BCUT2D eigenvalue weighted by Gasteiger charge is 2.48. The molecular weight excluding hydrogens is 392 g/mol. The van der Waals surface area contributed by atoms with E-state index in [9.17, 15) is 9.90 Å². The third-order valence-corrected chi connectivity index (χ3v) is 6.68. The number of piperazine rings is 1. The van der Waals surface area contributed by atoms with Gasteiger partial charge < -0.3 is 20.6 Å². The van der Waals surface area contributed by atoms with Gasteiger partial charge in [-0.2, -0.15) is 5.10 Å². The van der Waals surface area contributed by atoms with Gasteiger partial charge in [0.1, 0.15) is 0 Å². The van der Waals surface area contributed by atoms with Crippen molar-refractivity contribution in [2.24, 2.45) is 16.6 Å². The number of hydrogen-bond donors (Lipinski definition) is 3. The van der Waals surface area contributed by atoms with Crippen LogP contribution in [0.2, 0.25) is 0 Å². The van der Waals surface area contributed by atoms with Gasteiger partial charge in [-0.25, -0.2) is 4.99 Å². The second-order valence-electron chi connectivity index (χ2n) is 8.57. The smallest absolute Gasteiger partial charge is 0.259 e. The van der Waals surface area contributed by atoms with Crippen molar-refractivity contribution < 1.29 is 9.90 Å². The Balaban J connectivity index is 1.45.